The number of likely N-dealkylation sites (tertiary alicyclic amines) is 1. The highest BCUT2D eigenvalue weighted by Crippen LogP contribution is 2.36. The number of benzene rings is 1. The minimum atomic E-state index is -5.03. The van der Waals surface area contributed by atoms with Crippen LogP contribution in [0.4, 0.5) is 26.3 Å². The largest absolute Gasteiger partial charge is 0.416 e. The Bertz CT molecular complexity index is 1260. The van der Waals surface area contributed by atoms with Crippen molar-refractivity contribution >= 4 is 22.0 Å². The van der Waals surface area contributed by atoms with Crippen LogP contribution in [0.1, 0.15) is 42.9 Å². The molecule has 0 saturated carbocycles. The highest BCUT2D eigenvalue weighted by atomic mass is 32.2. The quantitative estimate of drug-likeness (QED) is 0.509. The fourth-order valence-corrected chi connectivity index (χ4v) is 7.01. The first-order chi connectivity index (χ1) is 18.6. The van der Waals surface area contributed by atoms with Crippen molar-refractivity contribution < 1.29 is 44.3 Å². The lowest BCUT2D eigenvalue weighted by molar-refractivity contribution is -0.165. The van der Waals surface area contributed by atoms with E-state index in [2.05, 4.69) is 0 Å². The topological polar surface area (TPSA) is 114 Å². The zero-order chi connectivity index (χ0) is 29.5. The van der Waals surface area contributed by atoms with Crippen molar-refractivity contribution in [3.05, 3.63) is 35.4 Å². The van der Waals surface area contributed by atoms with Gasteiger partial charge in [-0.15, -0.1) is 0 Å². The fourth-order valence-electron chi connectivity index (χ4n) is 5.22. The predicted molar refractivity (Wildman–Crippen MR) is 127 cm³/mol. The van der Waals surface area contributed by atoms with Gasteiger partial charge in [0.25, 0.3) is 10.2 Å². The van der Waals surface area contributed by atoms with E-state index >= 15 is 0 Å². The number of alkyl halides is 6. The molecule has 3 fully saturated rings. The third-order valence-corrected chi connectivity index (χ3v) is 9.38. The van der Waals surface area contributed by atoms with Gasteiger partial charge in [-0.3, -0.25) is 9.59 Å². The first-order valence-electron chi connectivity index (χ1n) is 12.6. The van der Waals surface area contributed by atoms with Crippen LogP contribution in [-0.2, 0) is 26.0 Å². The maximum Gasteiger partial charge on any atom is 0.416 e. The normalized spacial score (nSPS) is 24.3. The maximum absolute atomic E-state index is 13.8. The number of hydrogen-bond donors (Lipinski definition) is 1. The summed E-state index contributed by atoms with van der Waals surface area (Å²) >= 11 is 0. The first-order valence-corrected chi connectivity index (χ1v) is 14.0. The van der Waals surface area contributed by atoms with Crippen molar-refractivity contribution in [2.45, 2.75) is 50.1 Å². The Morgan fingerprint density at radius 3 is 2.15 bits per heavy atom. The predicted octanol–water partition coefficient (Wildman–Crippen LogP) is 2.83. The molecule has 40 heavy (non-hydrogen) atoms. The minimum Gasteiger partial charge on any atom is -0.339 e. The molecule has 3 aliphatic heterocycles. The Labute approximate surface area is 226 Å². The lowest BCUT2D eigenvalue weighted by atomic mass is 9.97. The zero-order valence-corrected chi connectivity index (χ0v) is 21.9. The molecule has 0 aliphatic carbocycles. The van der Waals surface area contributed by atoms with E-state index in [4.69, 9.17) is 5.26 Å². The lowest BCUT2D eigenvalue weighted by Crippen LogP contribution is -2.57. The Morgan fingerprint density at radius 1 is 0.950 bits per heavy atom. The number of carbonyl (C=O) groups is 2. The van der Waals surface area contributed by atoms with Crippen LogP contribution in [0.15, 0.2) is 24.3 Å². The molecule has 2 amide bonds. The highest BCUT2D eigenvalue weighted by molar-refractivity contribution is 7.86. The molecular weight excluding hydrogens is 568 g/mol. The standard InChI is InChI=1S/C24H27F6N5O4S/c25-23(26,27)18-7-5-16(6-8-18)20(24(28,29)30)32-21(36)19-4-2-10-35(19)22(37)17-3-1-9-33(14-17)40(38,39)34-12-15(11-31)13-34/h5-8,15,17,19-20H,1-4,9-10,12-14H2,(H,32,36)/t17-,19+,20-/m0/s1. The first kappa shape index (κ1) is 30.1. The van der Waals surface area contributed by atoms with E-state index in [9.17, 15) is 44.3 Å². The number of piperidine rings is 1. The van der Waals surface area contributed by atoms with Crippen LogP contribution in [0, 0.1) is 23.2 Å². The smallest absolute Gasteiger partial charge is 0.339 e. The number of carbonyl (C=O) groups excluding carboxylic acids is 2. The maximum atomic E-state index is 13.8. The van der Waals surface area contributed by atoms with E-state index in [1.165, 1.54) is 0 Å². The van der Waals surface area contributed by atoms with Gasteiger partial charge in [0.05, 0.1) is 23.5 Å². The third-order valence-electron chi connectivity index (χ3n) is 7.44. The van der Waals surface area contributed by atoms with E-state index in [1.807, 2.05) is 11.4 Å². The number of hydrogen-bond acceptors (Lipinski definition) is 5. The monoisotopic (exact) mass is 595 g/mol. The molecule has 3 heterocycles. The molecule has 4 rings (SSSR count). The van der Waals surface area contributed by atoms with Crippen LogP contribution in [0.5, 0.6) is 0 Å². The van der Waals surface area contributed by atoms with Crippen LogP contribution in [0.3, 0.4) is 0 Å². The molecule has 1 aromatic rings. The molecule has 0 unspecified atom stereocenters. The Hall–Kier alpha value is -2.90. The van der Waals surface area contributed by atoms with Gasteiger partial charge in [-0.25, -0.2) is 0 Å². The Balaban J connectivity index is 1.44. The SMILES string of the molecule is N#CC1CN(S(=O)(=O)N2CCC[C@H](C(=O)N3CCC[C@@H]3C(=O)N[C@@H](c3ccc(C(F)(F)F)cc3)C(F)(F)F)C2)C1. The molecule has 0 radical (unpaired) electrons. The average molecular weight is 596 g/mol. The van der Waals surface area contributed by atoms with Crippen molar-refractivity contribution in [3.63, 3.8) is 0 Å². The fraction of sp³-hybridized carbons (Fsp3) is 0.625. The number of nitrogens with one attached hydrogen (secondary N) is 1. The zero-order valence-electron chi connectivity index (χ0n) is 21.1. The number of nitriles is 1. The molecule has 3 aliphatic rings. The Kier molecular flexibility index (Phi) is 8.40. The number of halogens is 6. The van der Waals surface area contributed by atoms with Crippen LogP contribution in [-0.4, -0.2) is 78.7 Å². The van der Waals surface area contributed by atoms with E-state index in [-0.39, 0.29) is 39.1 Å². The number of nitrogens with zero attached hydrogens (tertiary/aromatic N) is 4. The van der Waals surface area contributed by atoms with Crippen LogP contribution >= 0.6 is 0 Å². The van der Waals surface area contributed by atoms with Gasteiger partial charge in [0.15, 0.2) is 6.04 Å². The molecule has 3 atom stereocenters. The van der Waals surface area contributed by atoms with E-state index in [0.29, 0.717) is 43.5 Å². The summed E-state index contributed by atoms with van der Waals surface area (Å²) in [6.45, 7) is 0.219. The third kappa shape index (κ3) is 6.21. The number of rotatable bonds is 6. The van der Waals surface area contributed by atoms with Gasteiger partial charge in [0.2, 0.25) is 11.8 Å². The molecule has 0 bridgehead atoms. The second-order valence-corrected chi connectivity index (χ2v) is 12.1. The van der Waals surface area contributed by atoms with Gasteiger partial charge in [0, 0.05) is 32.7 Å². The molecule has 3 saturated heterocycles. The van der Waals surface area contributed by atoms with Gasteiger partial charge >= 0.3 is 12.4 Å². The van der Waals surface area contributed by atoms with Crippen molar-refractivity contribution in [1.82, 2.24) is 18.8 Å². The van der Waals surface area contributed by atoms with Crippen molar-refractivity contribution in [3.8, 4) is 6.07 Å². The second kappa shape index (κ2) is 11.2. The van der Waals surface area contributed by atoms with Crippen molar-refractivity contribution in [2.75, 3.05) is 32.7 Å². The van der Waals surface area contributed by atoms with Gasteiger partial charge in [-0.05, 0) is 43.4 Å². The molecule has 16 heteroatoms. The van der Waals surface area contributed by atoms with Crippen molar-refractivity contribution in [2.24, 2.45) is 11.8 Å². The molecule has 1 aromatic carbocycles. The number of amides is 2. The summed E-state index contributed by atoms with van der Waals surface area (Å²) in [4.78, 5) is 27.5. The van der Waals surface area contributed by atoms with Gasteiger partial charge in [0.1, 0.15) is 6.04 Å². The van der Waals surface area contributed by atoms with Crippen molar-refractivity contribution in [1.29, 1.82) is 5.26 Å². The second-order valence-electron chi connectivity index (χ2n) is 10.1. The summed E-state index contributed by atoms with van der Waals surface area (Å²) in [5.41, 5.74) is -1.74. The highest BCUT2D eigenvalue weighted by Gasteiger charge is 2.47. The summed E-state index contributed by atoms with van der Waals surface area (Å²) in [5, 5.41) is 10.8. The average Bonchev–Trinajstić information content (AvgIpc) is 3.35. The summed E-state index contributed by atoms with van der Waals surface area (Å²) in [5.74, 6) is -2.85. The van der Waals surface area contributed by atoms with Gasteiger partial charge < -0.3 is 10.2 Å². The molecule has 0 spiro atoms. The van der Waals surface area contributed by atoms with Crippen LogP contribution in [0.2, 0.25) is 0 Å². The minimum absolute atomic E-state index is 0.0572. The van der Waals surface area contributed by atoms with Crippen LogP contribution in [0.25, 0.3) is 0 Å². The molecule has 220 valence electrons. The van der Waals surface area contributed by atoms with E-state index in [0.717, 1.165) is 13.5 Å². The van der Waals surface area contributed by atoms with Gasteiger partial charge in [-0.2, -0.15) is 48.6 Å². The summed E-state index contributed by atoms with van der Waals surface area (Å²) in [7, 11) is -3.89. The van der Waals surface area contributed by atoms with E-state index < -0.39 is 69.4 Å². The molecular formula is C24H27F6N5O4S. The molecule has 1 N–H and O–H groups in total. The van der Waals surface area contributed by atoms with Gasteiger partial charge in [-0.1, -0.05) is 12.1 Å². The van der Waals surface area contributed by atoms with E-state index in [1.54, 1.807) is 0 Å². The van der Waals surface area contributed by atoms with Crippen LogP contribution < -0.4 is 5.32 Å². The summed E-state index contributed by atoms with van der Waals surface area (Å²) in [6.07, 6.45) is -8.68. The Morgan fingerprint density at radius 2 is 1.57 bits per heavy atom. The lowest BCUT2D eigenvalue weighted by Gasteiger charge is -2.41. The summed E-state index contributed by atoms with van der Waals surface area (Å²) < 4.78 is 108. The molecule has 0 aromatic heterocycles. The summed E-state index contributed by atoms with van der Waals surface area (Å²) in [6, 6.07) is 0.432. The molecule has 9 nitrogen and oxygen atoms in total.